The van der Waals surface area contributed by atoms with Crippen LogP contribution in [0.3, 0.4) is 0 Å². The van der Waals surface area contributed by atoms with Crippen molar-refractivity contribution in [2.24, 2.45) is 4.99 Å². The highest BCUT2D eigenvalue weighted by Crippen LogP contribution is 2.22. The number of fused-ring (bicyclic) bond motifs is 1. The van der Waals surface area contributed by atoms with E-state index in [2.05, 4.69) is 92.5 Å². The molecule has 2 nitrogen and oxygen atoms in total. The molecule has 1 N–H and O–H groups in total. The van der Waals surface area contributed by atoms with Crippen molar-refractivity contribution in [3.63, 3.8) is 0 Å². The number of para-hydroxylation sites is 1. The molecule has 0 bridgehead atoms. The van der Waals surface area contributed by atoms with E-state index in [0.717, 1.165) is 22.3 Å². The molecular weight excluding hydrogens is 340 g/mol. The topological polar surface area (TPSA) is 28.1 Å². The first kappa shape index (κ1) is 18.0. The van der Waals surface area contributed by atoms with Gasteiger partial charge in [-0.1, -0.05) is 60.7 Å². The third-order valence-corrected chi connectivity index (χ3v) is 5.03. The van der Waals surface area contributed by atoms with Crippen molar-refractivity contribution in [1.82, 2.24) is 4.98 Å². The number of aromatic nitrogens is 1. The Bertz CT molecular complexity index is 1280. The Morgan fingerprint density at radius 1 is 0.893 bits per heavy atom. The molecule has 138 valence electrons. The quantitative estimate of drug-likeness (QED) is 0.464. The maximum absolute atomic E-state index is 4.83. The second-order valence-corrected chi connectivity index (χ2v) is 7.05. The van der Waals surface area contributed by atoms with Gasteiger partial charge in [0.1, 0.15) is 0 Å². The Morgan fingerprint density at radius 3 is 2.39 bits per heavy atom. The second kappa shape index (κ2) is 7.69. The van der Waals surface area contributed by atoms with Crippen molar-refractivity contribution in [3.05, 3.63) is 88.9 Å². The van der Waals surface area contributed by atoms with Crippen LogP contribution >= 0.6 is 0 Å². The summed E-state index contributed by atoms with van der Waals surface area (Å²) in [4.78, 5) is 8.36. The zero-order chi connectivity index (χ0) is 19.5. The van der Waals surface area contributed by atoms with Crippen LogP contribution in [0.25, 0.3) is 34.2 Å². The van der Waals surface area contributed by atoms with Crippen LogP contribution in [0.1, 0.15) is 19.4 Å². The molecule has 0 amide bonds. The minimum Gasteiger partial charge on any atom is -0.355 e. The van der Waals surface area contributed by atoms with E-state index in [9.17, 15) is 0 Å². The van der Waals surface area contributed by atoms with Crippen LogP contribution in [0.2, 0.25) is 0 Å². The van der Waals surface area contributed by atoms with E-state index in [1.165, 1.54) is 27.3 Å². The van der Waals surface area contributed by atoms with Crippen molar-refractivity contribution in [2.75, 3.05) is 0 Å². The van der Waals surface area contributed by atoms with Crippen molar-refractivity contribution in [1.29, 1.82) is 0 Å². The van der Waals surface area contributed by atoms with Crippen molar-refractivity contribution >= 4 is 34.5 Å². The van der Waals surface area contributed by atoms with Gasteiger partial charge in [0.05, 0.1) is 5.69 Å². The largest absolute Gasteiger partial charge is 0.355 e. The van der Waals surface area contributed by atoms with E-state index in [0.29, 0.717) is 0 Å². The first-order valence-electron chi connectivity index (χ1n) is 9.62. The van der Waals surface area contributed by atoms with Gasteiger partial charge in [-0.3, -0.25) is 4.99 Å². The number of H-pyrrole nitrogens is 1. The van der Waals surface area contributed by atoms with Gasteiger partial charge in [0.15, 0.2) is 0 Å². The maximum Gasteiger partial charge on any atom is 0.0661 e. The zero-order valence-electron chi connectivity index (χ0n) is 16.5. The van der Waals surface area contributed by atoms with Gasteiger partial charge in [-0.15, -0.1) is 0 Å². The van der Waals surface area contributed by atoms with E-state index in [4.69, 9.17) is 4.99 Å². The Kier molecular flexibility index (Phi) is 4.94. The minimum atomic E-state index is 0.989. The Hall–Kier alpha value is -3.39. The predicted molar refractivity (Wildman–Crippen MR) is 122 cm³/mol. The summed E-state index contributed by atoms with van der Waals surface area (Å²) in [7, 11) is 0. The Balaban J connectivity index is 1.90. The van der Waals surface area contributed by atoms with Crippen LogP contribution in [0.4, 0.5) is 5.69 Å². The zero-order valence-corrected chi connectivity index (χ0v) is 16.5. The molecule has 1 heterocycles. The Labute approximate surface area is 165 Å². The molecule has 0 aliphatic rings. The summed E-state index contributed by atoms with van der Waals surface area (Å²) in [5.41, 5.74) is 6.78. The lowest BCUT2D eigenvalue weighted by Crippen LogP contribution is -2.23. The Morgan fingerprint density at radius 2 is 1.64 bits per heavy atom. The van der Waals surface area contributed by atoms with Gasteiger partial charge in [-0.05, 0) is 61.7 Å². The minimum absolute atomic E-state index is 0.989. The number of rotatable bonds is 3. The summed E-state index contributed by atoms with van der Waals surface area (Å²) in [6.45, 7) is 6.22. The summed E-state index contributed by atoms with van der Waals surface area (Å²) in [5, 5.41) is 3.53. The number of aromatic amines is 1. The van der Waals surface area contributed by atoms with Gasteiger partial charge < -0.3 is 4.98 Å². The first-order chi connectivity index (χ1) is 13.7. The van der Waals surface area contributed by atoms with Gasteiger partial charge in [0.25, 0.3) is 0 Å². The second-order valence-electron chi connectivity index (χ2n) is 7.05. The molecule has 0 aliphatic heterocycles. The van der Waals surface area contributed by atoms with Gasteiger partial charge in [0.2, 0.25) is 0 Å². The summed E-state index contributed by atoms with van der Waals surface area (Å²) >= 11 is 0. The molecule has 4 rings (SSSR count). The summed E-state index contributed by atoms with van der Waals surface area (Å²) < 4.78 is 0. The summed E-state index contributed by atoms with van der Waals surface area (Å²) in [5.74, 6) is 0. The van der Waals surface area contributed by atoms with Crippen LogP contribution in [0, 0.1) is 6.92 Å². The lowest BCUT2D eigenvalue weighted by atomic mass is 10.0. The van der Waals surface area contributed by atoms with Crippen LogP contribution in [-0.4, -0.2) is 10.7 Å². The molecule has 0 saturated heterocycles. The van der Waals surface area contributed by atoms with Gasteiger partial charge in [0, 0.05) is 27.2 Å². The van der Waals surface area contributed by atoms with E-state index in [-0.39, 0.29) is 0 Å². The van der Waals surface area contributed by atoms with Gasteiger partial charge in [-0.2, -0.15) is 0 Å². The molecule has 0 fully saturated rings. The maximum atomic E-state index is 4.83. The number of aryl methyl sites for hydroxylation is 1. The fraction of sp³-hybridized carbons (Fsp3) is 0.115. The number of aliphatic imine (C=N–C) groups is 1. The van der Waals surface area contributed by atoms with Crippen LogP contribution < -0.4 is 10.6 Å². The smallest absolute Gasteiger partial charge is 0.0661 e. The van der Waals surface area contributed by atoms with Crippen molar-refractivity contribution in [3.8, 4) is 11.1 Å². The van der Waals surface area contributed by atoms with Crippen LogP contribution in [0.5, 0.6) is 0 Å². The SMILES string of the molecule is C/C=c1/[nH]c2ccc(-c3ccccc3)cc2/c1=C/C(C)=N/c1ccccc1C. The number of benzene rings is 3. The van der Waals surface area contributed by atoms with Crippen molar-refractivity contribution < 1.29 is 0 Å². The lowest BCUT2D eigenvalue weighted by Gasteiger charge is -2.02. The molecule has 1 aromatic heterocycles. The lowest BCUT2D eigenvalue weighted by molar-refractivity contribution is 1.35. The van der Waals surface area contributed by atoms with E-state index in [1.807, 2.05) is 18.2 Å². The summed E-state index contributed by atoms with van der Waals surface area (Å²) in [6.07, 6.45) is 4.30. The van der Waals surface area contributed by atoms with E-state index >= 15 is 0 Å². The standard InChI is InChI=1S/C26H24N2/c1-4-24-22(16-19(3)27-25-13-9-8-10-18(25)2)23-17-21(14-15-26(23)28-24)20-11-6-5-7-12-20/h4-17,28H,1-3H3/b22-16-,24-4+,27-19+. The molecule has 28 heavy (non-hydrogen) atoms. The molecule has 0 spiro atoms. The van der Waals surface area contributed by atoms with Crippen LogP contribution in [0.15, 0.2) is 77.8 Å². The third kappa shape index (κ3) is 3.54. The summed E-state index contributed by atoms with van der Waals surface area (Å²) in [6, 6.07) is 25.3. The molecule has 0 atom stereocenters. The van der Waals surface area contributed by atoms with Crippen LogP contribution in [-0.2, 0) is 0 Å². The number of nitrogens with zero attached hydrogens (tertiary/aromatic N) is 1. The van der Waals surface area contributed by atoms with E-state index < -0.39 is 0 Å². The molecule has 0 unspecified atom stereocenters. The highest BCUT2D eigenvalue weighted by molar-refractivity contribution is 6.11. The molecule has 3 aromatic carbocycles. The fourth-order valence-corrected chi connectivity index (χ4v) is 3.55. The van der Waals surface area contributed by atoms with Crippen molar-refractivity contribution in [2.45, 2.75) is 20.8 Å². The first-order valence-corrected chi connectivity index (χ1v) is 9.62. The monoisotopic (exact) mass is 364 g/mol. The fourth-order valence-electron chi connectivity index (χ4n) is 3.55. The molecule has 0 saturated carbocycles. The molecule has 2 heteroatoms. The molecule has 4 aromatic rings. The average molecular weight is 364 g/mol. The highest BCUT2D eigenvalue weighted by atomic mass is 14.7. The number of hydrogen-bond acceptors (Lipinski definition) is 1. The van der Waals surface area contributed by atoms with Gasteiger partial charge in [-0.25, -0.2) is 0 Å². The highest BCUT2D eigenvalue weighted by Gasteiger charge is 2.04. The normalized spacial score (nSPS) is 13.5. The van der Waals surface area contributed by atoms with E-state index in [1.54, 1.807) is 0 Å². The number of nitrogens with one attached hydrogen (secondary N) is 1. The predicted octanol–water partition coefficient (Wildman–Crippen LogP) is 5.52. The molecular formula is C26H24N2. The average Bonchev–Trinajstić information content (AvgIpc) is 3.07. The molecule has 0 aliphatic carbocycles. The van der Waals surface area contributed by atoms with Gasteiger partial charge >= 0.3 is 0 Å². The number of hydrogen-bond donors (Lipinski definition) is 1. The molecule has 0 radical (unpaired) electrons. The third-order valence-electron chi connectivity index (χ3n) is 5.03.